The molecule has 0 aliphatic carbocycles. The monoisotopic (exact) mass is 480 g/mol. The van der Waals surface area contributed by atoms with E-state index in [2.05, 4.69) is 11.9 Å². The molecule has 3 aromatic rings. The van der Waals surface area contributed by atoms with Crippen LogP contribution in [0.2, 0.25) is 0 Å². The molecule has 184 valence electrons. The van der Waals surface area contributed by atoms with Gasteiger partial charge in [-0.05, 0) is 43.9 Å². The van der Waals surface area contributed by atoms with Crippen molar-refractivity contribution in [2.75, 3.05) is 27.3 Å². The molecule has 0 radical (unpaired) electrons. The molecule has 10 nitrogen and oxygen atoms in total. The summed E-state index contributed by atoms with van der Waals surface area (Å²) in [6.07, 6.45) is 1.73. The number of hydrogen-bond acceptors (Lipinski definition) is 7. The van der Waals surface area contributed by atoms with E-state index in [1.807, 2.05) is 0 Å². The Morgan fingerprint density at radius 3 is 2.49 bits per heavy atom. The van der Waals surface area contributed by atoms with Gasteiger partial charge in [0.2, 0.25) is 5.91 Å². The van der Waals surface area contributed by atoms with E-state index >= 15 is 0 Å². The number of piperidine rings is 1. The summed E-state index contributed by atoms with van der Waals surface area (Å²) >= 11 is 0. The lowest BCUT2D eigenvalue weighted by molar-refractivity contribution is -0.133. The van der Waals surface area contributed by atoms with Crippen LogP contribution in [0.5, 0.6) is 5.75 Å². The second-order valence-corrected chi connectivity index (χ2v) is 8.78. The molecule has 1 amide bonds. The highest BCUT2D eigenvalue weighted by Crippen LogP contribution is 2.21. The first kappa shape index (κ1) is 24.2. The summed E-state index contributed by atoms with van der Waals surface area (Å²) in [7, 11) is 2.71. The largest absolute Gasteiger partial charge is 0.497 e. The lowest BCUT2D eigenvalue weighted by Crippen LogP contribution is -2.46. The number of rotatable bonds is 5. The van der Waals surface area contributed by atoms with Gasteiger partial charge in [-0.3, -0.25) is 9.59 Å². The predicted octanol–water partition coefficient (Wildman–Crippen LogP) is 1.91. The summed E-state index contributed by atoms with van der Waals surface area (Å²) in [5, 5.41) is -0.0927. The van der Waals surface area contributed by atoms with Crippen LogP contribution < -0.4 is 16.0 Å². The van der Waals surface area contributed by atoms with E-state index in [9.17, 15) is 19.2 Å². The molecule has 10 heteroatoms. The first-order valence-corrected chi connectivity index (χ1v) is 11.4. The highest BCUT2D eigenvalue weighted by Gasteiger charge is 2.26. The van der Waals surface area contributed by atoms with Gasteiger partial charge >= 0.3 is 11.7 Å². The van der Waals surface area contributed by atoms with Crippen molar-refractivity contribution >= 4 is 22.9 Å². The van der Waals surface area contributed by atoms with Gasteiger partial charge in [-0.15, -0.1) is 0 Å². The lowest BCUT2D eigenvalue weighted by atomic mass is 9.99. The van der Waals surface area contributed by atoms with E-state index < -0.39 is 23.8 Å². The topological polar surface area (TPSA) is 113 Å². The maximum Gasteiger partial charge on any atom is 0.338 e. The Labute approximate surface area is 201 Å². The van der Waals surface area contributed by atoms with Crippen LogP contribution >= 0.6 is 0 Å². The fraction of sp³-hybridized carbons (Fsp3) is 0.400. The van der Waals surface area contributed by atoms with Gasteiger partial charge in [-0.1, -0.05) is 13.0 Å². The van der Waals surface area contributed by atoms with Crippen molar-refractivity contribution in [3.63, 3.8) is 0 Å². The number of carbonyl (C=O) groups excluding carboxylic acids is 2. The highest BCUT2D eigenvalue weighted by molar-refractivity contribution is 6.02. The lowest BCUT2D eigenvalue weighted by Gasteiger charge is -2.30. The van der Waals surface area contributed by atoms with Crippen molar-refractivity contribution in [2.45, 2.75) is 33.2 Å². The fourth-order valence-corrected chi connectivity index (χ4v) is 4.35. The molecule has 0 saturated carbocycles. The zero-order valence-corrected chi connectivity index (χ0v) is 20.2. The molecule has 1 aromatic carbocycles. The second-order valence-electron chi connectivity index (χ2n) is 8.78. The molecule has 4 rings (SSSR count). The molecule has 1 aliphatic heterocycles. The number of esters is 1. The number of nitrogens with zero attached hydrogens (tertiary/aromatic N) is 4. The summed E-state index contributed by atoms with van der Waals surface area (Å²) < 4.78 is 12.3. The summed E-state index contributed by atoms with van der Waals surface area (Å²) in [6.45, 7) is 4.48. The Balaban J connectivity index is 1.99. The molecular weight excluding hydrogens is 452 g/mol. The molecule has 0 unspecified atom stereocenters. The molecule has 0 bridgehead atoms. The number of fused-ring (bicyclic) bond motifs is 1. The van der Waals surface area contributed by atoms with Crippen molar-refractivity contribution in [3.05, 3.63) is 62.4 Å². The predicted molar refractivity (Wildman–Crippen MR) is 129 cm³/mol. The van der Waals surface area contributed by atoms with Gasteiger partial charge in [-0.25, -0.2) is 23.7 Å². The third kappa shape index (κ3) is 4.55. The van der Waals surface area contributed by atoms with Crippen LogP contribution in [-0.2, 0) is 16.1 Å². The summed E-state index contributed by atoms with van der Waals surface area (Å²) in [4.78, 5) is 59.1. The molecule has 3 heterocycles. The Hall–Kier alpha value is -3.95. The van der Waals surface area contributed by atoms with Crippen molar-refractivity contribution in [1.82, 2.24) is 19.0 Å². The standard InChI is InChI=1S/C25H28N4O6/c1-15-8-10-27(11-9-15)20(30)14-28-23(31)21-19(24(32)35-4)12-16(2)26-22(21)29(25(28)33)17-6-5-7-18(13-17)34-3/h5-7,12-13,15H,8-11,14H2,1-4H3. The average Bonchev–Trinajstić information content (AvgIpc) is 2.86. The number of aromatic nitrogens is 3. The Bertz CT molecular complexity index is 1420. The van der Waals surface area contributed by atoms with Crippen molar-refractivity contribution in [2.24, 2.45) is 5.92 Å². The smallest absolute Gasteiger partial charge is 0.338 e. The quantitative estimate of drug-likeness (QED) is 0.513. The van der Waals surface area contributed by atoms with Crippen molar-refractivity contribution < 1.29 is 19.1 Å². The molecule has 1 aliphatic rings. The van der Waals surface area contributed by atoms with E-state index in [1.165, 1.54) is 24.9 Å². The van der Waals surface area contributed by atoms with E-state index in [4.69, 9.17) is 9.47 Å². The van der Waals surface area contributed by atoms with Crippen molar-refractivity contribution in [1.29, 1.82) is 0 Å². The van der Waals surface area contributed by atoms with Crippen LogP contribution in [0.15, 0.2) is 39.9 Å². The SMILES string of the molecule is COC(=O)c1cc(C)nc2c1c(=O)n(CC(=O)N1CCC(C)CC1)c(=O)n2-c1cccc(OC)c1. The normalized spacial score (nSPS) is 14.2. The number of hydrogen-bond donors (Lipinski definition) is 0. The first-order valence-electron chi connectivity index (χ1n) is 11.4. The van der Waals surface area contributed by atoms with Gasteiger partial charge in [0.25, 0.3) is 5.56 Å². The maximum atomic E-state index is 13.7. The van der Waals surface area contributed by atoms with Gasteiger partial charge in [0, 0.05) is 24.8 Å². The number of likely N-dealkylation sites (tertiary alicyclic amines) is 1. The summed E-state index contributed by atoms with van der Waals surface area (Å²) in [6, 6.07) is 8.12. The molecule has 2 aromatic heterocycles. The minimum atomic E-state index is -0.768. The zero-order valence-electron chi connectivity index (χ0n) is 20.2. The maximum absolute atomic E-state index is 13.7. The molecule has 0 N–H and O–H groups in total. The van der Waals surface area contributed by atoms with Gasteiger partial charge in [-0.2, -0.15) is 0 Å². The highest BCUT2D eigenvalue weighted by atomic mass is 16.5. The molecule has 0 atom stereocenters. The fourth-order valence-electron chi connectivity index (χ4n) is 4.35. The average molecular weight is 481 g/mol. The molecule has 0 spiro atoms. The van der Waals surface area contributed by atoms with Crippen molar-refractivity contribution in [3.8, 4) is 11.4 Å². The third-order valence-corrected chi connectivity index (χ3v) is 6.37. The third-order valence-electron chi connectivity index (χ3n) is 6.37. The van der Waals surface area contributed by atoms with E-state index in [0.717, 1.165) is 17.4 Å². The first-order chi connectivity index (χ1) is 16.7. The zero-order chi connectivity index (χ0) is 25.3. The van der Waals surface area contributed by atoms with Crippen LogP contribution in [0.3, 0.4) is 0 Å². The van der Waals surface area contributed by atoms with Crippen LogP contribution in [0.4, 0.5) is 0 Å². The number of pyridine rings is 1. The summed E-state index contributed by atoms with van der Waals surface area (Å²) in [5.74, 6) is -0.0621. The minimum Gasteiger partial charge on any atom is -0.497 e. The molecule has 1 fully saturated rings. The number of aryl methyl sites for hydroxylation is 1. The van der Waals surface area contributed by atoms with Crippen LogP contribution in [-0.4, -0.2) is 58.2 Å². The van der Waals surface area contributed by atoms with Crippen LogP contribution in [0.1, 0.15) is 35.8 Å². The van der Waals surface area contributed by atoms with Gasteiger partial charge in [0.15, 0.2) is 5.65 Å². The molecular formula is C25H28N4O6. The molecule has 1 saturated heterocycles. The summed E-state index contributed by atoms with van der Waals surface area (Å²) in [5.41, 5.74) is -0.723. The number of carbonyl (C=O) groups is 2. The van der Waals surface area contributed by atoms with Gasteiger partial charge in [0.1, 0.15) is 12.3 Å². The van der Waals surface area contributed by atoms with E-state index in [1.54, 1.807) is 36.1 Å². The number of ether oxygens (including phenoxy) is 2. The Morgan fingerprint density at radius 1 is 1.11 bits per heavy atom. The van der Waals surface area contributed by atoms with Crippen LogP contribution in [0.25, 0.3) is 16.7 Å². The van der Waals surface area contributed by atoms with Gasteiger partial charge in [0.05, 0.1) is 30.9 Å². The van der Waals surface area contributed by atoms with E-state index in [-0.39, 0.29) is 22.5 Å². The number of methoxy groups -OCH3 is 2. The van der Waals surface area contributed by atoms with E-state index in [0.29, 0.717) is 36.1 Å². The minimum absolute atomic E-state index is 0.00384. The van der Waals surface area contributed by atoms with Gasteiger partial charge < -0.3 is 14.4 Å². The second kappa shape index (κ2) is 9.73. The Kier molecular flexibility index (Phi) is 6.72. The Morgan fingerprint density at radius 2 is 1.83 bits per heavy atom. The molecule has 35 heavy (non-hydrogen) atoms. The van der Waals surface area contributed by atoms with Crippen LogP contribution in [0, 0.1) is 12.8 Å². The number of amides is 1. The number of benzene rings is 1.